The standard InChI is InChI=1S/C16H13BrO2/c17-13-8-6-12(7-9-13)16-14(10-15(18)19-16)11-4-2-1-3-5-11/h1-9,14,16H,10H2/t14-,16-/m0/s1. The first kappa shape index (κ1) is 12.4. The van der Waals surface area contributed by atoms with Crippen LogP contribution >= 0.6 is 15.9 Å². The van der Waals surface area contributed by atoms with E-state index in [-0.39, 0.29) is 18.0 Å². The number of halogens is 1. The second kappa shape index (κ2) is 5.17. The molecule has 1 aliphatic heterocycles. The van der Waals surface area contributed by atoms with Crippen molar-refractivity contribution in [3.63, 3.8) is 0 Å². The Morgan fingerprint density at radius 3 is 2.32 bits per heavy atom. The van der Waals surface area contributed by atoms with Gasteiger partial charge in [-0.25, -0.2) is 0 Å². The van der Waals surface area contributed by atoms with Crippen LogP contribution in [0.5, 0.6) is 0 Å². The molecule has 2 nitrogen and oxygen atoms in total. The van der Waals surface area contributed by atoms with Gasteiger partial charge in [0.1, 0.15) is 6.10 Å². The van der Waals surface area contributed by atoms with Crippen molar-refractivity contribution in [3.05, 3.63) is 70.2 Å². The van der Waals surface area contributed by atoms with Gasteiger partial charge in [0, 0.05) is 10.4 Å². The smallest absolute Gasteiger partial charge is 0.307 e. The molecule has 0 saturated carbocycles. The summed E-state index contributed by atoms with van der Waals surface area (Å²) < 4.78 is 6.52. The Labute approximate surface area is 120 Å². The van der Waals surface area contributed by atoms with Crippen molar-refractivity contribution in [2.45, 2.75) is 18.4 Å². The Kier molecular flexibility index (Phi) is 3.38. The summed E-state index contributed by atoms with van der Waals surface area (Å²) in [5.74, 6) is -0.0170. The van der Waals surface area contributed by atoms with Gasteiger partial charge in [0.25, 0.3) is 0 Å². The lowest BCUT2D eigenvalue weighted by Crippen LogP contribution is -2.06. The van der Waals surface area contributed by atoms with Crippen LogP contribution in [0.2, 0.25) is 0 Å². The summed E-state index contributed by atoms with van der Waals surface area (Å²) in [6.45, 7) is 0. The minimum absolute atomic E-state index is 0.106. The molecule has 0 spiro atoms. The zero-order chi connectivity index (χ0) is 13.2. The molecule has 2 aromatic rings. The quantitative estimate of drug-likeness (QED) is 0.775. The lowest BCUT2D eigenvalue weighted by molar-refractivity contribution is -0.141. The van der Waals surface area contributed by atoms with E-state index in [1.807, 2.05) is 42.5 Å². The average molecular weight is 317 g/mol. The number of hydrogen-bond acceptors (Lipinski definition) is 2. The number of esters is 1. The van der Waals surface area contributed by atoms with Crippen molar-refractivity contribution in [3.8, 4) is 0 Å². The molecule has 0 aromatic heterocycles. The fourth-order valence-electron chi connectivity index (χ4n) is 2.50. The van der Waals surface area contributed by atoms with Crippen LogP contribution in [0.3, 0.4) is 0 Å². The van der Waals surface area contributed by atoms with E-state index in [0.29, 0.717) is 6.42 Å². The summed E-state index contributed by atoms with van der Waals surface area (Å²) in [4.78, 5) is 11.6. The van der Waals surface area contributed by atoms with Gasteiger partial charge in [-0.15, -0.1) is 0 Å². The lowest BCUT2D eigenvalue weighted by Gasteiger charge is -2.18. The minimum Gasteiger partial charge on any atom is -0.457 e. The first-order valence-corrected chi connectivity index (χ1v) is 7.03. The predicted octanol–water partition coefficient (Wildman–Crippen LogP) is 4.22. The molecule has 3 rings (SSSR count). The van der Waals surface area contributed by atoms with Crippen LogP contribution in [0.4, 0.5) is 0 Å². The molecule has 0 radical (unpaired) electrons. The molecule has 0 N–H and O–H groups in total. The maximum atomic E-state index is 11.6. The molecule has 3 heteroatoms. The highest BCUT2D eigenvalue weighted by Crippen LogP contribution is 2.42. The first-order valence-electron chi connectivity index (χ1n) is 6.24. The Hall–Kier alpha value is -1.61. The average Bonchev–Trinajstić information content (AvgIpc) is 2.83. The third-order valence-corrected chi connectivity index (χ3v) is 3.97. The summed E-state index contributed by atoms with van der Waals surface area (Å²) in [5, 5.41) is 0. The number of rotatable bonds is 2. The van der Waals surface area contributed by atoms with Crippen LogP contribution in [-0.2, 0) is 9.53 Å². The van der Waals surface area contributed by atoms with Crippen molar-refractivity contribution < 1.29 is 9.53 Å². The molecular weight excluding hydrogens is 304 g/mol. The number of cyclic esters (lactones) is 1. The highest BCUT2D eigenvalue weighted by molar-refractivity contribution is 9.10. The Bertz CT molecular complexity index is 577. The van der Waals surface area contributed by atoms with Crippen molar-refractivity contribution >= 4 is 21.9 Å². The third kappa shape index (κ3) is 2.56. The van der Waals surface area contributed by atoms with E-state index in [9.17, 15) is 4.79 Å². The van der Waals surface area contributed by atoms with Gasteiger partial charge < -0.3 is 4.74 Å². The van der Waals surface area contributed by atoms with Gasteiger partial charge in [0.05, 0.1) is 6.42 Å². The summed E-state index contributed by atoms with van der Waals surface area (Å²) in [6.07, 6.45) is 0.271. The normalized spacial score (nSPS) is 22.3. The van der Waals surface area contributed by atoms with E-state index in [2.05, 4.69) is 28.1 Å². The second-order valence-corrected chi connectivity index (χ2v) is 5.60. The van der Waals surface area contributed by atoms with Crippen LogP contribution in [-0.4, -0.2) is 5.97 Å². The number of carbonyl (C=O) groups excluding carboxylic acids is 1. The molecule has 1 saturated heterocycles. The maximum Gasteiger partial charge on any atom is 0.307 e. The van der Waals surface area contributed by atoms with E-state index in [1.165, 1.54) is 0 Å². The van der Waals surface area contributed by atoms with Crippen molar-refractivity contribution in [1.82, 2.24) is 0 Å². The number of carbonyl (C=O) groups is 1. The van der Waals surface area contributed by atoms with E-state index in [1.54, 1.807) is 0 Å². The molecule has 2 aromatic carbocycles. The monoisotopic (exact) mass is 316 g/mol. The highest BCUT2D eigenvalue weighted by Gasteiger charge is 2.36. The molecular formula is C16H13BrO2. The van der Waals surface area contributed by atoms with E-state index < -0.39 is 0 Å². The number of benzene rings is 2. The fourth-order valence-corrected chi connectivity index (χ4v) is 2.77. The summed E-state index contributed by atoms with van der Waals surface area (Å²) >= 11 is 3.42. The molecule has 1 heterocycles. The van der Waals surface area contributed by atoms with Gasteiger partial charge in [0.15, 0.2) is 0 Å². The summed E-state index contributed by atoms with van der Waals surface area (Å²) in [6, 6.07) is 18.0. The molecule has 96 valence electrons. The van der Waals surface area contributed by atoms with Gasteiger partial charge in [-0.2, -0.15) is 0 Å². The van der Waals surface area contributed by atoms with E-state index in [4.69, 9.17) is 4.74 Å². The predicted molar refractivity (Wildman–Crippen MR) is 76.8 cm³/mol. The molecule has 2 atom stereocenters. The van der Waals surface area contributed by atoms with Gasteiger partial charge in [-0.3, -0.25) is 4.79 Å². The van der Waals surface area contributed by atoms with E-state index >= 15 is 0 Å². The van der Waals surface area contributed by atoms with E-state index in [0.717, 1.165) is 15.6 Å². The van der Waals surface area contributed by atoms with Crippen molar-refractivity contribution in [2.24, 2.45) is 0 Å². The molecule has 1 aliphatic rings. The Morgan fingerprint density at radius 1 is 0.947 bits per heavy atom. The van der Waals surface area contributed by atoms with Crippen LogP contribution in [0.1, 0.15) is 29.6 Å². The SMILES string of the molecule is O=C1C[C@@H](c2ccccc2)[C@H](c2ccc(Br)cc2)O1. The largest absolute Gasteiger partial charge is 0.457 e. The van der Waals surface area contributed by atoms with Crippen molar-refractivity contribution in [2.75, 3.05) is 0 Å². The van der Waals surface area contributed by atoms with Crippen molar-refractivity contribution in [1.29, 1.82) is 0 Å². The zero-order valence-electron chi connectivity index (χ0n) is 10.3. The van der Waals surface area contributed by atoms with Gasteiger partial charge in [-0.05, 0) is 23.3 Å². The number of hydrogen-bond donors (Lipinski definition) is 0. The minimum atomic E-state index is -0.178. The lowest BCUT2D eigenvalue weighted by atomic mass is 9.89. The molecule has 1 fully saturated rings. The summed E-state index contributed by atoms with van der Waals surface area (Å²) in [7, 11) is 0. The fraction of sp³-hybridized carbons (Fsp3) is 0.188. The highest BCUT2D eigenvalue weighted by atomic mass is 79.9. The third-order valence-electron chi connectivity index (χ3n) is 3.44. The van der Waals surface area contributed by atoms with Gasteiger partial charge >= 0.3 is 5.97 Å². The Balaban J connectivity index is 1.95. The summed E-state index contributed by atoms with van der Waals surface area (Å²) in [5.41, 5.74) is 2.20. The van der Waals surface area contributed by atoms with Crippen LogP contribution in [0.15, 0.2) is 59.1 Å². The van der Waals surface area contributed by atoms with Crippen LogP contribution in [0.25, 0.3) is 0 Å². The Morgan fingerprint density at radius 2 is 1.63 bits per heavy atom. The molecule has 0 unspecified atom stereocenters. The van der Waals surface area contributed by atoms with Crippen LogP contribution < -0.4 is 0 Å². The first-order chi connectivity index (χ1) is 9.24. The molecule has 0 aliphatic carbocycles. The van der Waals surface area contributed by atoms with Gasteiger partial charge in [-0.1, -0.05) is 58.4 Å². The van der Waals surface area contributed by atoms with Gasteiger partial charge in [0.2, 0.25) is 0 Å². The zero-order valence-corrected chi connectivity index (χ0v) is 11.8. The maximum absolute atomic E-state index is 11.6. The molecule has 0 bridgehead atoms. The molecule has 19 heavy (non-hydrogen) atoms. The van der Waals surface area contributed by atoms with Crippen LogP contribution in [0, 0.1) is 0 Å². The number of ether oxygens (including phenoxy) is 1. The topological polar surface area (TPSA) is 26.3 Å². The second-order valence-electron chi connectivity index (χ2n) is 4.68. The molecule has 0 amide bonds.